The van der Waals surface area contributed by atoms with Gasteiger partial charge in [0, 0.05) is 19.2 Å². The van der Waals surface area contributed by atoms with Crippen molar-refractivity contribution in [3.8, 4) is 0 Å². The molecule has 0 aromatic heterocycles. The summed E-state index contributed by atoms with van der Waals surface area (Å²) in [5.74, 6) is -0.0595. The number of nitrogens with zero attached hydrogens (tertiary/aromatic N) is 1. The molecule has 0 unspecified atom stereocenters. The maximum absolute atomic E-state index is 13.2. The van der Waals surface area contributed by atoms with E-state index in [1.54, 1.807) is 12.1 Å². The van der Waals surface area contributed by atoms with Gasteiger partial charge in [0.05, 0.1) is 22.5 Å². The maximum Gasteiger partial charge on any atom is 0.243 e. The van der Waals surface area contributed by atoms with Crippen molar-refractivity contribution in [2.24, 2.45) is 0 Å². The Morgan fingerprint density at radius 2 is 1.92 bits per heavy atom. The fourth-order valence-electron chi connectivity index (χ4n) is 3.47. The highest BCUT2D eigenvalue weighted by Crippen LogP contribution is 2.27. The molecular weight excluding hydrogens is 362 g/mol. The van der Waals surface area contributed by atoms with Gasteiger partial charge in [-0.3, -0.25) is 0 Å². The smallest absolute Gasteiger partial charge is 0.243 e. The zero-order valence-corrected chi connectivity index (χ0v) is 16.1. The van der Waals surface area contributed by atoms with E-state index in [1.165, 1.54) is 4.31 Å². The van der Waals surface area contributed by atoms with Gasteiger partial charge in [0.15, 0.2) is 9.84 Å². The molecule has 0 bridgehead atoms. The molecule has 1 aromatic rings. The lowest BCUT2D eigenvalue weighted by Gasteiger charge is -2.29. The molecule has 0 spiro atoms. The molecule has 1 aromatic carbocycles. The summed E-state index contributed by atoms with van der Waals surface area (Å²) < 4.78 is 57.1. The Morgan fingerprint density at radius 1 is 1.20 bits per heavy atom. The van der Waals surface area contributed by atoms with Gasteiger partial charge in [-0.2, -0.15) is 4.31 Å². The molecule has 0 radical (unpaired) electrons. The van der Waals surface area contributed by atoms with Crippen LogP contribution in [0.25, 0.3) is 0 Å². The molecule has 2 aliphatic rings. The Kier molecular flexibility index (Phi) is 5.53. The summed E-state index contributed by atoms with van der Waals surface area (Å²) in [5, 5.41) is 0. The van der Waals surface area contributed by atoms with Gasteiger partial charge in [0.1, 0.15) is 0 Å². The van der Waals surface area contributed by atoms with Gasteiger partial charge >= 0.3 is 0 Å². The van der Waals surface area contributed by atoms with Gasteiger partial charge in [-0.25, -0.2) is 16.8 Å². The van der Waals surface area contributed by atoms with E-state index >= 15 is 0 Å². The molecule has 0 N–H and O–H groups in total. The van der Waals surface area contributed by atoms with Crippen LogP contribution in [0.2, 0.25) is 0 Å². The largest absolute Gasteiger partial charge is 0.377 e. The predicted octanol–water partition coefficient (Wildman–Crippen LogP) is 1.61. The van der Waals surface area contributed by atoms with E-state index in [0.29, 0.717) is 13.0 Å². The van der Waals surface area contributed by atoms with Crippen LogP contribution in [0.3, 0.4) is 0 Å². The monoisotopic (exact) mass is 387 g/mol. The first-order valence-electron chi connectivity index (χ1n) is 8.74. The zero-order valence-electron chi connectivity index (χ0n) is 14.4. The maximum atomic E-state index is 13.2. The minimum absolute atomic E-state index is 0.0456. The second kappa shape index (κ2) is 7.34. The number of benzene rings is 1. The number of sulfonamides is 1. The van der Waals surface area contributed by atoms with E-state index in [-0.39, 0.29) is 29.0 Å². The van der Waals surface area contributed by atoms with E-state index in [9.17, 15) is 16.8 Å². The number of sulfone groups is 1. The lowest BCUT2D eigenvalue weighted by Crippen LogP contribution is -2.45. The highest BCUT2D eigenvalue weighted by Gasteiger charge is 2.40. The minimum atomic E-state index is -3.76. The van der Waals surface area contributed by atoms with Crippen LogP contribution in [-0.4, -0.2) is 57.9 Å². The molecule has 0 amide bonds. The molecule has 3 rings (SSSR count). The molecule has 140 valence electrons. The van der Waals surface area contributed by atoms with E-state index < -0.39 is 25.9 Å². The van der Waals surface area contributed by atoms with E-state index in [4.69, 9.17) is 4.74 Å². The second-order valence-corrected chi connectivity index (χ2v) is 10.9. The van der Waals surface area contributed by atoms with Crippen LogP contribution in [0.4, 0.5) is 0 Å². The summed E-state index contributed by atoms with van der Waals surface area (Å²) in [7, 11) is -6.93. The highest BCUT2D eigenvalue weighted by atomic mass is 32.2. The summed E-state index contributed by atoms with van der Waals surface area (Å²) >= 11 is 0. The number of hydrogen-bond donors (Lipinski definition) is 0. The highest BCUT2D eigenvalue weighted by molar-refractivity contribution is 7.92. The normalized spacial score (nSPS) is 26.3. The van der Waals surface area contributed by atoms with Gasteiger partial charge in [0.2, 0.25) is 10.0 Å². The van der Waals surface area contributed by atoms with Crippen LogP contribution in [0, 0.1) is 0 Å². The lowest BCUT2D eigenvalue weighted by atomic mass is 10.2. The summed E-state index contributed by atoms with van der Waals surface area (Å²) in [6, 6.07) is 6.33. The molecule has 25 heavy (non-hydrogen) atoms. The van der Waals surface area contributed by atoms with Gasteiger partial charge in [-0.1, -0.05) is 19.1 Å². The average molecular weight is 388 g/mol. The van der Waals surface area contributed by atoms with Gasteiger partial charge in [-0.15, -0.1) is 0 Å². The van der Waals surface area contributed by atoms with Gasteiger partial charge in [0.25, 0.3) is 0 Å². The third kappa shape index (κ3) is 4.24. The quantitative estimate of drug-likeness (QED) is 0.741. The molecule has 8 heteroatoms. The van der Waals surface area contributed by atoms with Crippen molar-refractivity contribution in [2.45, 2.75) is 49.6 Å². The molecule has 2 fully saturated rings. The van der Waals surface area contributed by atoms with Crippen LogP contribution < -0.4 is 0 Å². The molecule has 6 nitrogen and oxygen atoms in total. The first-order chi connectivity index (χ1) is 11.8. The topological polar surface area (TPSA) is 80.8 Å². The molecule has 0 saturated carbocycles. The van der Waals surface area contributed by atoms with E-state index in [0.717, 1.165) is 24.8 Å². The van der Waals surface area contributed by atoms with Gasteiger partial charge in [-0.05, 0) is 43.4 Å². The Balaban J connectivity index is 1.90. The lowest BCUT2D eigenvalue weighted by molar-refractivity contribution is 0.0877. The van der Waals surface area contributed by atoms with Crippen molar-refractivity contribution in [1.82, 2.24) is 4.31 Å². The van der Waals surface area contributed by atoms with Crippen LogP contribution in [0.1, 0.15) is 31.7 Å². The first-order valence-corrected chi connectivity index (χ1v) is 12.0. The Bertz CT molecular complexity index is 796. The van der Waals surface area contributed by atoms with Crippen molar-refractivity contribution >= 4 is 19.9 Å². The minimum Gasteiger partial charge on any atom is -0.377 e. The third-order valence-corrected chi connectivity index (χ3v) is 8.64. The predicted molar refractivity (Wildman–Crippen MR) is 95.7 cm³/mol. The first kappa shape index (κ1) is 18.8. The molecule has 2 heterocycles. The van der Waals surface area contributed by atoms with E-state index in [2.05, 4.69) is 0 Å². The number of ether oxygens (including phenoxy) is 1. The zero-order chi connectivity index (χ0) is 18.1. The summed E-state index contributed by atoms with van der Waals surface area (Å²) in [6.07, 6.45) is 2.74. The molecule has 0 aliphatic carbocycles. The number of hydrogen-bond acceptors (Lipinski definition) is 5. The SMILES string of the molecule is CCc1ccc(S(=O)(=O)N(C[C@@H]2CCCO2)[C@H]2CCS(=O)(=O)C2)cc1. The van der Waals surface area contributed by atoms with Crippen LogP contribution in [0.5, 0.6) is 0 Å². The fourth-order valence-corrected chi connectivity index (χ4v) is 6.98. The van der Waals surface area contributed by atoms with Crippen molar-refractivity contribution in [1.29, 1.82) is 0 Å². The average Bonchev–Trinajstić information content (AvgIpc) is 3.21. The number of aryl methyl sites for hydroxylation is 1. The number of rotatable bonds is 6. The van der Waals surface area contributed by atoms with Crippen LogP contribution >= 0.6 is 0 Å². The van der Waals surface area contributed by atoms with Crippen LogP contribution in [-0.2, 0) is 31.0 Å². The molecular formula is C17H25NO5S2. The van der Waals surface area contributed by atoms with Gasteiger partial charge < -0.3 is 4.74 Å². The Hall–Kier alpha value is -0.960. The van der Waals surface area contributed by atoms with E-state index in [1.807, 2.05) is 19.1 Å². The van der Waals surface area contributed by atoms with Crippen molar-refractivity contribution < 1.29 is 21.6 Å². The Labute approximate surface area is 150 Å². The van der Waals surface area contributed by atoms with Crippen molar-refractivity contribution in [3.63, 3.8) is 0 Å². The second-order valence-electron chi connectivity index (χ2n) is 6.76. The third-order valence-electron chi connectivity index (χ3n) is 4.96. The van der Waals surface area contributed by atoms with Crippen molar-refractivity contribution in [3.05, 3.63) is 29.8 Å². The van der Waals surface area contributed by atoms with Crippen molar-refractivity contribution in [2.75, 3.05) is 24.7 Å². The molecule has 2 saturated heterocycles. The summed E-state index contributed by atoms with van der Waals surface area (Å²) in [6.45, 7) is 2.86. The summed E-state index contributed by atoms with van der Waals surface area (Å²) in [4.78, 5) is 0.215. The fraction of sp³-hybridized carbons (Fsp3) is 0.647. The standard InChI is InChI=1S/C17H25NO5S2/c1-2-14-5-7-17(8-6-14)25(21,22)18(12-16-4-3-10-23-16)15-9-11-24(19,20)13-15/h5-8,15-16H,2-4,9-13H2,1H3/t15-,16-/m0/s1. The van der Waals surface area contributed by atoms with Crippen LogP contribution in [0.15, 0.2) is 29.2 Å². The Morgan fingerprint density at radius 3 is 2.44 bits per heavy atom. The summed E-state index contributed by atoms with van der Waals surface area (Å²) in [5.41, 5.74) is 1.06. The molecule has 2 aliphatic heterocycles. The molecule has 2 atom stereocenters.